The first-order valence-electron chi connectivity index (χ1n) is 5.56. The van der Waals surface area contributed by atoms with Crippen LogP contribution in [0, 0.1) is 17.4 Å². The van der Waals surface area contributed by atoms with E-state index in [0.717, 1.165) is 25.8 Å². The van der Waals surface area contributed by atoms with E-state index in [4.69, 9.17) is 5.26 Å². The van der Waals surface area contributed by atoms with E-state index < -0.39 is 0 Å². The highest BCUT2D eigenvalue weighted by Crippen LogP contribution is 2.33. The predicted molar refractivity (Wildman–Crippen MR) is 54.8 cm³/mol. The number of nitriles is 1. The molecule has 0 bridgehead atoms. The number of rotatable bonds is 0. The zero-order valence-corrected chi connectivity index (χ0v) is 8.61. The first-order chi connectivity index (χ1) is 7.38. The Morgan fingerprint density at radius 3 is 3.33 bits per heavy atom. The molecule has 2 unspecified atom stereocenters. The van der Waals surface area contributed by atoms with Crippen LogP contribution >= 0.6 is 0 Å². The van der Waals surface area contributed by atoms with Gasteiger partial charge in [0.15, 0.2) is 6.19 Å². The van der Waals surface area contributed by atoms with Crippen molar-refractivity contribution in [3.05, 3.63) is 17.5 Å². The van der Waals surface area contributed by atoms with Crippen molar-refractivity contribution in [1.29, 1.82) is 5.26 Å². The second-order valence-corrected chi connectivity index (χ2v) is 4.55. The lowest BCUT2D eigenvalue weighted by Crippen LogP contribution is -2.46. The molecule has 0 saturated carbocycles. The summed E-state index contributed by atoms with van der Waals surface area (Å²) in [5.74, 6) is 0.645. The van der Waals surface area contributed by atoms with E-state index in [2.05, 4.69) is 16.4 Å². The molecule has 0 spiro atoms. The van der Waals surface area contributed by atoms with Crippen LogP contribution in [0.4, 0.5) is 0 Å². The number of nitrogens with one attached hydrogen (secondary N) is 1. The van der Waals surface area contributed by atoms with Gasteiger partial charge in [0.05, 0.1) is 6.20 Å². The summed E-state index contributed by atoms with van der Waals surface area (Å²) in [4.78, 5) is 1.96. The van der Waals surface area contributed by atoms with Gasteiger partial charge >= 0.3 is 0 Å². The number of fused-ring (bicyclic) bond motifs is 2. The van der Waals surface area contributed by atoms with Crippen LogP contribution in [-0.2, 0) is 12.8 Å². The van der Waals surface area contributed by atoms with Crippen LogP contribution < -0.4 is 0 Å². The van der Waals surface area contributed by atoms with Gasteiger partial charge in [0, 0.05) is 18.3 Å². The van der Waals surface area contributed by atoms with Gasteiger partial charge in [-0.25, -0.2) is 0 Å². The van der Waals surface area contributed by atoms with Crippen molar-refractivity contribution in [2.24, 2.45) is 5.92 Å². The van der Waals surface area contributed by atoms with E-state index in [9.17, 15) is 0 Å². The SMILES string of the molecule is N#CN1CCCC2Cc3[nH]ncc3CC21. The molecule has 1 saturated heterocycles. The average Bonchev–Trinajstić information content (AvgIpc) is 2.72. The van der Waals surface area contributed by atoms with Crippen LogP contribution in [0.2, 0.25) is 0 Å². The molecule has 1 aliphatic carbocycles. The molecule has 1 N–H and O–H groups in total. The molecule has 1 aromatic heterocycles. The molecule has 4 heteroatoms. The van der Waals surface area contributed by atoms with E-state index >= 15 is 0 Å². The Balaban J connectivity index is 1.91. The first-order valence-corrected chi connectivity index (χ1v) is 5.56. The molecular formula is C11H14N4. The second-order valence-electron chi connectivity index (χ2n) is 4.55. The van der Waals surface area contributed by atoms with Crippen molar-refractivity contribution in [3.63, 3.8) is 0 Å². The van der Waals surface area contributed by atoms with Crippen LogP contribution in [0.3, 0.4) is 0 Å². The smallest absolute Gasteiger partial charge is 0.179 e. The molecule has 78 valence electrons. The van der Waals surface area contributed by atoms with Crippen molar-refractivity contribution < 1.29 is 0 Å². The molecule has 1 fully saturated rings. The van der Waals surface area contributed by atoms with Crippen LogP contribution in [0.1, 0.15) is 24.1 Å². The maximum atomic E-state index is 9.08. The van der Waals surface area contributed by atoms with E-state index in [-0.39, 0.29) is 0 Å². The molecule has 2 heterocycles. The second kappa shape index (κ2) is 3.27. The fourth-order valence-electron chi connectivity index (χ4n) is 2.95. The monoisotopic (exact) mass is 202 g/mol. The Kier molecular flexibility index (Phi) is 1.91. The number of likely N-dealkylation sites (tertiary alicyclic amines) is 1. The minimum absolute atomic E-state index is 0.425. The van der Waals surface area contributed by atoms with Gasteiger partial charge in [0.1, 0.15) is 0 Å². The molecular weight excluding hydrogens is 188 g/mol. The lowest BCUT2D eigenvalue weighted by atomic mass is 9.78. The predicted octanol–water partition coefficient (Wildman–Crippen LogP) is 1.07. The van der Waals surface area contributed by atoms with Gasteiger partial charge in [0.25, 0.3) is 0 Å². The number of piperidine rings is 1. The van der Waals surface area contributed by atoms with Crippen molar-refractivity contribution in [3.8, 4) is 6.19 Å². The summed E-state index contributed by atoms with van der Waals surface area (Å²) in [6.07, 6.45) is 8.70. The van der Waals surface area contributed by atoms with Crippen molar-refractivity contribution >= 4 is 0 Å². The highest BCUT2D eigenvalue weighted by atomic mass is 15.2. The Morgan fingerprint density at radius 2 is 2.47 bits per heavy atom. The van der Waals surface area contributed by atoms with E-state index in [1.54, 1.807) is 0 Å². The topological polar surface area (TPSA) is 55.7 Å². The third-order valence-corrected chi connectivity index (χ3v) is 3.75. The summed E-state index contributed by atoms with van der Waals surface area (Å²) < 4.78 is 0. The Bertz CT molecular complexity index is 403. The van der Waals surface area contributed by atoms with Crippen molar-refractivity contribution in [2.45, 2.75) is 31.7 Å². The van der Waals surface area contributed by atoms with Crippen molar-refractivity contribution in [2.75, 3.05) is 6.54 Å². The Labute approximate surface area is 88.9 Å². The molecule has 1 aliphatic heterocycles. The van der Waals surface area contributed by atoms with E-state index in [0.29, 0.717) is 12.0 Å². The number of hydrogen-bond donors (Lipinski definition) is 1. The zero-order chi connectivity index (χ0) is 10.3. The highest BCUT2D eigenvalue weighted by Gasteiger charge is 2.35. The maximum absolute atomic E-state index is 9.08. The number of nitrogens with zero attached hydrogens (tertiary/aromatic N) is 3. The Hall–Kier alpha value is -1.50. The standard InChI is InChI=1S/C11H14N4/c12-7-15-3-1-2-8-4-10-9(5-11(8)15)6-13-14-10/h6,8,11H,1-5H2,(H,13,14). The van der Waals surface area contributed by atoms with Gasteiger partial charge in [-0.2, -0.15) is 10.4 Å². The summed E-state index contributed by atoms with van der Waals surface area (Å²) in [6.45, 7) is 0.935. The molecule has 2 atom stereocenters. The normalized spacial score (nSPS) is 29.1. The molecule has 0 aromatic carbocycles. The Morgan fingerprint density at radius 1 is 1.53 bits per heavy atom. The molecule has 4 nitrogen and oxygen atoms in total. The minimum Gasteiger partial charge on any atom is -0.307 e. The molecule has 3 rings (SSSR count). The summed E-state index contributed by atoms with van der Waals surface area (Å²) in [5.41, 5.74) is 2.59. The van der Waals surface area contributed by atoms with E-state index in [1.807, 2.05) is 11.1 Å². The zero-order valence-electron chi connectivity index (χ0n) is 8.61. The minimum atomic E-state index is 0.425. The molecule has 0 amide bonds. The van der Waals surface area contributed by atoms with Gasteiger partial charge in [-0.1, -0.05) is 0 Å². The van der Waals surface area contributed by atoms with Crippen LogP contribution in [0.25, 0.3) is 0 Å². The third-order valence-electron chi connectivity index (χ3n) is 3.75. The van der Waals surface area contributed by atoms with Gasteiger partial charge in [0.2, 0.25) is 0 Å². The number of aromatic nitrogens is 2. The average molecular weight is 202 g/mol. The quantitative estimate of drug-likeness (QED) is 0.640. The largest absolute Gasteiger partial charge is 0.307 e. The van der Waals surface area contributed by atoms with Gasteiger partial charge in [-0.05, 0) is 37.2 Å². The van der Waals surface area contributed by atoms with E-state index in [1.165, 1.54) is 17.7 Å². The summed E-state index contributed by atoms with van der Waals surface area (Å²) >= 11 is 0. The first kappa shape index (κ1) is 8.78. The maximum Gasteiger partial charge on any atom is 0.179 e. The number of aromatic amines is 1. The van der Waals surface area contributed by atoms with Gasteiger partial charge < -0.3 is 4.90 Å². The summed E-state index contributed by atoms with van der Waals surface area (Å²) in [7, 11) is 0. The van der Waals surface area contributed by atoms with Crippen LogP contribution in [0.5, 0.6) is 0 Å². The van der Waals surface area contributed by atoms with Crippen molar-refractivity contribution in [1.82, 2.24) is 15.1 Å². The van der Waals surface area contributed by atoms with Crippen LogP contribution in [0.15, 0.2) is 6.20 Å². The lowest BCUT2D eigenvalue weighted by Gasteiger charge is -2.40. The van der Waals surface area contributed by atoms with Gasteiger partial charge in [-0.3, -0.25) is 5.10 Å². The fourth-order valence-corrected chi connectivity index (χ4v) is 2.95. The summed E-state index contributed by atoms with van der Waals surface area (Å²) in [5, 5.41) is 16.2. The molecule has 0 radical (unpaired) electrons. The molecule has 15 heavy (non-hydrogen) atoms. The number of H-pyrrole nitrogens is 1. The highest BCUT2D eigenvalue weighted by molar-refractivity contribution is 5.23. The lowest BCUT2D eigenvalue weighted by molar-refractivity contribution is 0.140. The number of hydrogen-bond acceptors (Lipinski definition) is 3. The third kappa shape index (κ3) is 1.30. The fraction of sp³-hybridized carbons (Fsp3) is 0.636. The summed E-state index contributed by atoms with van der Waals surface area (Å²) in [6, 6.07) is 0.425. The van der Waals surface area contributed by atoms with Gasteiger partial charge in [-0.15, -0.1) is 0 Å². The van der Waals surface area contributed by atoms with Crippen LogP contribution in [-0.4, -0.2) is 27.7 Å². The molecule has 2 aliphatic rings. The molecule has 1 aromatic rings.